The predicted molar refractivity (Wildman–Crippen MR) is 253 cm³/mol. The summed E-state index contributed by atoms with van der Waals surface area (Å²) in [5.74, 6) is 2.67. The highest BCUT2D eigenvalue weighted by Gasteiger charge is 2.62. The molecule has 5 fully saturated rings. The van der Waals surface area contributed by atoms with Gasteiger partial charge < -0.3 is 64.8 Å². The third kappa shape index (κ3) is 12.9. The van der Waals surface area contributed by atoms with Crippen LogP contribution in [-0.4, -0.2) is 124 Å². The maximum Gasteiger partial charge on any atom is 0.338 e. The van der Waals surface area contributed by atoms with Gasteiger partial charge in [0.25, 0.3) is 0 Å². The Morgan fingerprint density at radius 3 is 2.40 bits per heavy atom. The fourth-order valence-electron chi connectivity index (χ4n) is 12.8. The minimum atomic E-state index is -1.09. The molecule has 0 amide bonds. The molecular formula is C52H83N3O12. The molecular weight excluding hydrogens is 859 g/mol. The number of hydrogen-bond donors (Lipinski definition) is 6. The molecule has 2 saturated heterocycles. The van der Waals surface area contributed by atoms with Gasteiger partial charge in [0.15, 0.2) is 18.7 Å². The maximum atomic E-state index is 13.2. The number of benzene rings is 1. The number of allylic oxidation sites excluding steroid dienone is 1. The summed E-state index contributed by atoms with van der Waals surface area (Å²) in [6, 6.07) is 6.56. The molecule has 16 atom stereocenters. The number of likely N-dealkylation sites (N-methyl/N-ethyl adjacent to an activating group) is 1. The van der Waals surface area contributed by atoms with Gasteiger partial charge in [-0.3, -0.25) is 4.79 Å². The third-order valence-corrected chi connectivity index (χ3v) is 16.4. The molecule has 2 heterocycles. The highest BCUT2D eigenvalue weighted by molar-refractivity contribution is 5.89. The Morgan fingerprint density at radius 2 is 1.70 bits per heavy atom. The van der Waals surface area contributed by atoms with E-state index in [0.717, 1.165) is 70.0 Å². The quantitative estimate of drug-likeness (QED) is 0.0784. The van der Waals surface area contributed by atoms with E-state index in [-0.39, 0.29) is 55.1 Å². The number of fused-ring (bicyclic) bond motifs is 5. The molecule has 4 aliphatic carbocycles. The Morgan fingerprint density at radius 1 is 0.955 bits per heavy atom. The summed E-state index contributed by atoms with van der Waals surface area (Å²) in [7, 11) is 4.80. The fourth-order valence-corrected chi connectivity index (χ4v) is 12.8. The topological polar surface area (TPSA) is 210 Å². The first-order valence-corrected chi connectivity index (χ1v) is 25.0. The van der Waals surface area contributed by atoms with Crippen LogP contribution in [0.1, 0.15) is 122 Å². The number of nitrogens with one attached hydrogen (secondary N) is 2. The molecule has 1 aromatic carbocycles. The van der Waals surface area contributed by atoms with Gasteiger partial charge >= 0.3 is 11.9 Å². The van der Waals surface area contributed by atoms with E-state index in [0.29, 0.717) is 53.4 Å². The first kappa shape index (κ1) is 53.1. The lowest BCUT2D eigenvalue weighted by molar-refractivity contribution is -0.302. The van der Waals surface area contributed by atoms with E-state index in [1.165, 1.54) is 26.0 Å². The minimum absolute atomic E-state index is 0.0265. The van der Waals surface area contributed by atoms with Crippen LogP contribution in [0.25, 0.3) is 0 Å². The summed E-state index contributed by atoms with van der Waals surface area (Å²) in [4.78, 5) is 22.8. The van der Waals surface area contributed by atoms with E-state index in [4.69, 9.17) is 34.2 Å². The van der Waals surface area contributed by atoms with Crippen molar-refractivity contribution in [3.05, 3.63) is 53.4 Å². The number of hydrogen-bond acceptors (Lipinski definition) is 15. The zero-order valence-electron chi connectivity index (χ0n) is 41.5. The van der Waals surface area contributed by atoms with Crippen LogP contribution >= 0.6 is 0 Å². The Bertz CT molecular complexity index is 1810. The molecule has 1 aromatic rings. The number of esters is 2. The molecule has 7 rings (SSSR count). The number of carbonyl (C=O) groups is 2. The van der Waals surface area contributed by atoms with Gasteiger partial charge in [-0.25, -0.2) is 4.79 Å². The number of aliphatic hydroxyl groups is 3. The van der Waals surface area contributed by atoms with Crippen molar-refractivity contribution in [2.45, 2.75) is 161 Å². The summed E-state index contributed by atoms with van der Waals surface area (Å²) in [6.45, 7) is 12.9. The monoisotopic (exact) mass is 942 g/mol. The highest BCUT2D eigenvalue weighted by atomic mass is 16.7. The van der Waals surface area contributed by atoms with Crippen molar-refractivity contribution >= 4 is 11.9 Å². The molecule has 67 heavy (non-hydrogen) atoms. The smallest absolute Gasteiger partial charge is 0.338 e. The Labute approximate surface area is 399 Å². The summed E-state index contributed by atoms with van der Waals surface area (Å²) >= 11 is 0. The lowest BCUT2D eigenvalue weighted by Crippen LogP contribution is -2.53. The van der Waals surface area contributed by atoms with Gasteiger partial charge in [-0.15, -0.1) is 0 Å². The molecule has 6 aliphatic rings. The molecule has 0 bridgehead atoms. The van der Waals surface area contributed by atoms with Crippen LogP contribution in [0, 0.1) is 46.3 Å². The van der Waals surface area contributed by atoms with Gasteiger partial charge in [-0.1, -0.05) is 52.2 Å². The van der Waals surface area contributed by atoms with Crippen LogP contribution in [0.3, 0.4) is 0 Å². The van der Waals surface area contributed by atoms with E-state index >= 15 is 0 Å². The molecule has 0 spiro atoms. The van der Waals surface area contributed by atoms with Crippen molar-refractivity contribution in [2.75, 3.05) is 47.6 Å². The molecule has 7 N–H and O–H groups in total. The van der Waals surface area contributed by atoms with E-state index in [2.05, 4.69) is 49.1 Å². The number of rotatable bonds is 17. The van der Waals surface area contributed by atoms with Crippen LogP contribution in [0.15, 0.2) is 47.8 Å². The molecule has 15 heteroatoms. The average Bonchev–Trinajstić information content (AvgIpc) is 3.60. The Hall–Kier alpha value is -3.28. The zero-order chi connectivity index (χ0) is 48.5. The van der Waals surface area contributed by atoms with E-state index in [9.17, 15) is 24.9 Å². The van der Waals surface area contributed by atoms with Crippen molar-refractivity contribution in [1.82, 2.24) is 10.6 Å². The Kier molecular flexibility index (Phi) is 19.0. The second-order valence-electron chi connectivity index (χ2n) is 20.9. The van der Waals surface area contributed by atoms with Gasteiger partial charge in [-0.05, 0) is 129 Å². The largest absolute Gasteiger partial charge is 0.497 e. The summed E-state index contributed by atoms with van der Waals surface area (Å²) in [5.41, 5.74) is 8.89. The molecule has 0 radical (unpaired) electrons. The molecule has 378 valence electrons. The highest BCUT2D eigenvalue weighted by Crippen LogP contribution is 2.68. The molecule has 2 aliphatic heterocycles. The van der Waals surface area contributed by atoms with Crippen molar-refractivity contribution in [3.8, 4) is 5.75 Å². The lowest BCUT2D eigenvalue weighted by atomic mass is 9.47. The number of nitrogens with two attached hydrogens (primary N) is 1. The fraction of sp³-hybridized carbons (Fsp3) is 0.769. The second-order valence-corrected chi connectivity index (χ2v) is 20.9. The van der Waals surface area contributed by atoms with Gasteiger partial charge in [0.05, 0.1) is 57.4 Å². The van der Waals surface area contributed by atoms with E-state index in [1.807, 2.05) is 13.2 Å². The van der Waals surface area contributed by atoms with Crippen LogP contribution in [-0.2, 0) is 33.2 Å². The average molecular weight is 942 g/mol. The van der Waals surface area contributed by atoms with Crippen LogP contribution in [0.4, 0.5) is 0 Å². The zero-order valence-corrected chi connectivity index (χ0v) is 41.5. The van der Waals surface area contributed by atoms with Crippen molar-refractivity contribution in [3.63, 3.8) is 0 Å². The minimum Gasteiger partial charge on any atom is -0.497 e. The third-order valence-electron chi connectivity index (χ3n) is 16.4. The molecule has 0 aromatic heterocycles. The van der Waals surface area contributed by atoms with Crippen LogP contribution in [0.2, 0.25) is 0 Å². The van der Waals surface area contributed by atoms with Crippen molar-refractivity contribution in [2.24, 2.45) is 52.1 Å². The molecule has 3 saturated carbocycles. The normalized spacial score (nSPS) is 36.9. The van der Waals surface area contributed by atoms with Gasteiger partial charge in [0.1, 0.15) is 11.9 Å². The van der Waals surface area contributed by atoms with E-state index < -0.39 is 43.0 Å². The van der Waals surface area contributed by atoms with Crippen LogP contribution < -0.4 is 21.1 Å². The molecule has 15 nitrogen and oxygen atoms in total. The number of aliphatic hydroxyl groups excluding tert-OH is 3. The SMILES string of the molecule is CNC/C(N)=C/NCC(C)CCC[C@@H](C)C1C(O[C@@H]2CC(OC3OCCC(O)[C@H]3OC(=O)c3ccc(OC)cc3)C(O)CO2)CC2C3CC=C4CC(O)CCC4(C)C3CCC21C.COC(C)=O. The Balaban J connectivity index is 0.00000141. The number of carbonyl (C=O) groups excluding carboxylic acids is 2. The summed E-state index contributed by atoms with van der Waals surface area (Å²) in [5, 5.41) is 39.3. The summed E-state index contributed by atoms with van der Waals surface area (Å²) in [6.07, 6.45) is 9.72. The maximum absolute atomic E-state index is 13.2. The first-order chi connectivity index (χ1) is 32.0. The van der Waals surface area contributed by atoms with Gasteiger partial charge in [-0.2, -0.15) is 0 Å². The van der Waals surface area contributed by atoms with Crippen molar-refractivity contribution < 1.29 is 58.1 Å². The van der Waals surface area contributed by atoms with Gasteiger partial charge in [0, 0.05) is 44.8 Å². The lowest BCUT2D eigenvalue weighted by Gasteiger charge is -2.58. The van der Waals surface area contributed by atoms with Gasteiger partial charge in [0.2, 0.25) is 0 Å². The first-order valence-electron chi connectivity index (χ1n) is 25.0. The summed E-state index contributed by atoms with van der Waals surface area (Å²) < 4.78 is 41.0. The number of ether oxygens (including phenoxy) is 7. The van der Waals surface area contributed by atoms with Crippen LogP contribution in [0.5, 0.6) is 5.75 Å². The second kappa shape index (κ2) is 24.0. The van der Waals surface area contributed by atoms with Crippen molar-refractivity contribution in [1.29, 1.82) is 0 Å². The standard InChI is InChI=1S/C49H77N3O10.C3H6O2/c1-29(25-52-27-33(50)26-51-5)8-7-9-30(2)44-42(23-38-36-15-12-32-22-34(53)16-19-48(32,3)37(36)17-20-49(38,44)4)60-43-24-41(40(55)28-59-43)61-47-45(39(54)18-21-58-47)62-46(56)31-10-13-35(57-6)14-11-31;1-3(4)5-2/h10-14,27,29-30,34,36-45,47,51-55H,7-9,15-26,28,50H2,1-6H3;1-2H3/b33-27-;/t29?,30-,34?,36?,37?,38?,39?,40?,41?,42?,43-,44?,45-,47?,48?,49?;/m1./s1. The number of methoxy groups -OCH3 is 2. The van der Waals surface area contributed by atoms with E-state index in [1.54, 1.807) is 31.4 Å². The predicted octanol–water partition coefficient (Wildman–Crippen LogP) is 5.99. The molecule has 13 unspecified atom stereocenters.